The van der Waals surface area contributed by atoms with Gasteiger partial charge in [0.1, 0.15) is 17.8 Å². The van der Waals surface area contributed by atoms with Gasteiger partial charge in [0, 0.05) is 0 Å². The molecule has 7 atom stereocenters. The number of phosphoric acid groups is 3. The highest BCUT2D eigenvalue weighted by Gasteiger charge is 2.54. The lowest BCUT2D eigenvalue weighted by molar-refractivity contribution is -0.236. The van der Waals surface area contributed by atoms with Crippen molar-refractivity contribution in [3.8, 4) is 0 Å². The average Bonchev–Trinajstić information content (AvgIpc) is 2.76. The molecule has 17 nitrogen and oxygen atoms in total. The monoisotopic (exact) mass is 513 g/mol. The van der Waals surface area contributed by atoms with Crippen LogP contribution >= 0.6 is 23.5 Å². The number of halogens is 1. The molecule has 0 amide bonds. The summed E-state index contributed by atoms with van der Waals surface area (Å²) in [5.41, 5.74) is 1.62. The van der Waals surface area contributed by atoms with Crippen LogP contribution in [-0.2, 0) is 31.6 Å². The number of rotatable bonds is 8. The Morgan fingerprint density at radius 1 is 1.35 bits per heavy atom. The lowest BCUT2D eigenvalue weighted by Crippen LogP contribution is -2.46. The number of hydrogen-bond acceptors (Lipinski definition) is 14. The standard InChI is InChI=1S/C10H17FN3O14P3/c1-10(17)6(15)5(26-8(10)14-2-4(11)7(12)13-9(14)16)3-25-30(21,22)28-31(23,24)27-29(18,19)20/h2,5-6,8,15,17H,3H2,1H3,(H,21,22)(H,23,24)(H2,12,13,16)(H2,18,19,20)/p-2/t5-,6-,8-,10-/m1/s1. The van der Waals surface area contributed by atoms with Gasteiger partial charge in [-0.05, 0) is 6.92 Å². The van der Waals surface area contributed by atoms with Crippen LogP contribution in [0.2, 0.25) is 0 Å². The molecule has 2 rings (SSSR count). The first-order chi connectivity index (χ1) is 13.8. The fourth-order valence-electron chi connectivity index (χ4n) is 2.46. The minimum absolute atomic E-state index is 0.427. The minimum atomic E-state index is -6.09. The van der Waals surface area contributed by atoms with E-state index in [1.807, 2.05) is 0 Å². The van der Waals surface area contributed by atoms with Gasteiger partial charge in [0.15, 0.2) is 17.9 Å². The topological polar surface area (TPSA) is 276 Å². The van der Waals surface area contributed by atoms with Crippen molar-refractivity contribution in [1.82, 2.24) is 9.55 Å². The average molecular weight is 513 g/mol. The first kappa shape index (κ1) is 26.2. The molecule has 3 unspecified atom stereocenters. The molecule has 31 heavy (non-hydrogen) atoms. The number of nitrogen functional groups attached to an aromatic ring is 1. The van der Waals surface area contributed by atoms with E-state index in [0.29, 0.717) is 10.8 Å². The third-order valence-corrected chi connectivity index (χ3v) is 7.48. The molecule has 1 aliphatic rings. The molecule has 1 saturated heterocycles. The molecule has 0 aromatic carbocycles. The summed E-state index contributed by atoms with van der Waals surface area (Å²) >= 11 is 0. The highest BCUT2D eigenvalue weighted by molar-refractivity contribution is 7.65. The molecule has 1 aliphatic heterocycles. The summed E-state index contributed by atoms with van der Waals surface area (Å²) in [6.45, 7) is -0.222. The maximum absolute atomic E-state index is 13.7. The zero-order valence-corrected chi connectivity index (χ0v) is 17.8. The molecule has 0 radical (unpaired) electrons. The fourth-order valence-corrected chi connectivity index (χ4v) is 5.40. The molecule has 0 saturated carbocycles. The lowest BCUT2D eigenvalue weighted by Gasteiger charge is -2.28. The van der Waals surface area contributed by atoms with Crippen molar-refractivity contribution in [2.45, 2.75) is 31.0 Å². The highest BCUT2D eigenvalue weighted by atomic mass is 31.3. The van der Waals surface area contributed by atoms with Gasteiger partial charge < -0.3 is 40.3 Å². The van der Waals surface area contributed by atoms with E-state index in [2.05, 4.69) is 18.1 Å². The van der Waals surface area contributed by atoms with Crippen LogP contribution < -0.4 is 21.2 Å². The second-order valence-corrected chi connectivity index (χ2v) is 10.5. The van der Waals surface area contributed by atoms with E-state index in [0.717, 1.165) is 6.92 Å². The summed E-state index contributed by atoms with van der Waals surface area (Å²) in [5.74, 6) is -1.93. The maximum Gasteiger partial charge on any atom is 0.478 e. The predicted molar refractivity (Wildman–Crippen MR) is 88.8 cm³/mol. The largest absolute Gasteiger partial charge is 0.756 e. The van der Waals surface area contributed by atoms with Gasteiger partial charge in [-0.1, -0.05) is 0 Å². The van der Waals surface area contributed by atoms with Crippen LogP contribution in [0, 0.1) is 5.82 Å². The van der Waals surface area contributed by atoms with E-state index < -0.39 is 71.4 Å². The quantitative estimate of drug-likeness (QED) is 0.217. The van der Waals surface area contributed by atoms with E-state index >= 15 is 0 Å². The van der Waals surface area contributed by atoms with Crippen molar-refractivity contribution < 1.29 is 65.8 Å². The summed E-state index contributed by atoms with van der Waals surface area (Å²) in [4.78, 5) is 54.3. The second-order valence-electron chi connectivity index (χ2n) is 6.20. The van der Waals surface area contributed by atoms with Gasteiger partial charge in [0.05, 0.1) is 12.8 Å². The van der Waals surface area contributed by atoms with Crippen LogP contribution in [0.1, 0.15) is 13.2 Å². The number of aromatic nitrogens is 2. The molecule has 2 heterocycles. The van der Waals surface area contributed by atoms with Crippen molar-refractivity contribution in [3.05, 3.63) is 22.5 Å². The zero-order valence-electron chi connectivity index (χ0n) is 15.1. The van der Waals surface area contributed by atoms with Crippen LogP contribution in [0.5, 0.6) is 0 Å². The van der Waals surface area contributed by atoms with E-state index in [-0.39, 0.29) is 0 Å². The summed E-state index contributed by atoms with van der Waals surface area (Å²) < 4.78 is 63.4. The van der Waals surface area contributed by atoms with Crippen molar-refractivity contribution in [2.75, 3.05) is 12.3 Å². The van der Waals surface area contributed by atoms with Crippen molar-refractivity contribution >= 4 is 29.3 Å². The van der Waals surface area contributed by atoms with E-state index in [9.17, 15) is 47.8 Å². The van der Waals surface area contributed by atoms with Gasteiger partial charge in [-0.3, -0.25) is 18.2 Å². The van der Waals surface area contributed by atoms with Crippen LogP contribution in [-0.4, -0.2) is 54.0 Å². The number of nitrogens with two attached hydrogens (primary N) is 1. The second kappa shape index (κ2) is 8.68. The molecule has 6 N–H and O–H groups in total. The summed E-state index contributed by atoms with van der Waals surface area (Å²) in [6, 6.07) is 0. The Kier molecular flexibility index (Phi) is 7.33. The minimum Gasteiger partial charge on any atom is -0.756 e. The first-order valence-corrected chi connectivity index (χ1v) is 12.1. The zero-order chi connectivity index (χ0) is 24.0. The Morgan fingerprint density at radius 3 is 2.48 bits per heavy atom. The van der Waals surface area contributed by atoms with Crippen molar-refractivity contribution in [1.29, 1.82) is 0 Å². The molecule has 1 aromatic rings. The smallest absolute Gasteiger partial charge is 0.478 e. The third-order valence-electron chi connectivity index (χ3n) is 3.75. The van der Waals surface area contributed by atoms with E-state index in [4.69, 9.17) is 15.4 Å². The third kappa shape index (κ3) is 6.46. The van der Waals surface area contributed by atoms with E-state index in [1.54, 1.807) is 0 Å². The molecule has 21 heteroatoms. The lowest BCUT2D eigenvalue weighted by atomic mass is 9.96. The Bertz CT molecular complexity index is 1040. The molecule has 1 fully saturated rings. The number of aliphatic hydroxyl groups excluding tert-OH is 1. The highest BCUT2D eigenvalue weighted by Crippen LogP contribution is 2.63. The molecule has 178 valence electrons. The normalized spacial score (nSPS) is 32.2. The van der Waals surface area contributed by atoms with Crippen LogP contribution in [0.25, 0.3) is 0 Å². The molecule has 1 aromatic heterocycles. The Morgan fingerprint density at radius 2 is 1.94 bits per heavy atom. The van der Waals surface area contributed by atoms with Gasteiger partial charge in [0.25, 0.3) is 15.6 Å². The molecule has 0 spiro atoms. The maximum atomic E-state index is 13.7. The number of phosphoric ester groups is 1. The Balaban J connectivity index is 2.16. The number of anilines is 1. The predicted octanol–water partition coefficient (Wildman–Crippen LogP) is -2.95. The van der Waals surface area contributed by atoms with Crippen LogP contribution in [0.3, 0.4) is 0 Å². The van der Waals surface area contributed by atoms with E-state index in [1.165, 1.54) is 0 Å². The Labute approximate surface area is 171 Å². The first-order valence-electron chi connectivity index (χ1n) is 7.69. The van der Waals surface area contributed by atoms with Gasteiger partial charge in [-0.15, -0.1) is 0 Å². The summed E-state index contributed by atoms with van der Waals surface area (Å²) in [7, 11) is -17.6. The molecule has 0 bridgehead atoms. The number of hydrogen-bond donors (Lipinski definition) is 5. The van der Waals surface area contributed by atoms with Crippen LogP contribution in [0.4, 0.5) is 10.2 Å². The van der Waals surface area contributed by atoms with Crippen molar-refractivity contribution in [2.24, 2.45) is 0 Å². The van der Waals surface area contributed by atoms with Gasteiger partial charge in [-0.2, -0.15) is 4.98 Å². The Hall–Kier alpha value is -1.10. The summed E-state index contributed by atoms with van der Waals surface area (Å²) in [6.07, 6.45) is -4.98. The van der Waals surface area contributed by atoms with Gasteiger partial charge in [0.2, 0.25) is 0 Å². The number of aliphatic hydroxyl groups is 2. The van der Waals surface area contributed by atoms with Crippen LogP contribution in [0.15, 0.2) is 11.0 Å². The fraction of sp³-hybridized carbons (Fsp3) is 0.600. The number of ether oxygens (including phenoxy) is 1. The summed E-state index contributed by atoms with van der Waals surface area (Å²) in [5, 5.41) is 20.6. The molecular weight excluding hydrogens is 498 g/mol. The molecular formula is C10H15FN3O14P3-2. The SMILES string of the molecule is C[C@@]1(O)[C@H](O)[C@@H](COP(=O)(O)OP(=O)([O-])OP(=O)([O-])O)O[C@H]1n1cc(F)c(N)nc1=O. The van der Waals surface area contributed by atoms with Gasteiger partial charge in [-0.25, -0.2) is 22.4 Å². The molecule has 0 aliphatic carbocycles. The number of nitrogens with zero attached hydrogens (tertiary/aromatic N) is 2. The van der Waals surface area contributed by atoms with Gasteiger partial charge >= 0.3 is 13.5 Å². The van der Waals surface area contributed by atoms with Crippen molar-refractivity contribution in [3.63, 3.8) is 0 Å².